The molecule has 2 heterocycles. The number of benzene rings is 3. The van der Waals surface area contributed by atoms with Crippen molar-refractivity contribution in [2.45, 2.75) is 0 Å². The number of hydrogen-bond donors (Lipinski definition) is 1. The van der Waals surface area contributed by atoms with Crippen LogP contribution in [0.2, 0.25) is 0 Å². The van der Waals surface area contributed by atoms with E-state index in [-0.39, 0.29) is 5.75 Å². The minimum Gasteiger partial charge on any atom is -0.507 e. The van der Waals surface area contributed by atoms with Crippen LogP contribution in [0.4, 0.5) is 0 Å². The average molecular weight is 362 g/mol. The zero-order valence-electron chi connectivity index (χ0n) is 15.2. The van der Waals surface area contributed by atoms with Gasteiger partial charge in [0.1, 0.15) is 11.4 Å². The van der Waals surface area contributed by atoms with Crippen LogP contribution in [0.5, 0.6) is 5.75 Å². The monoisotopic (exact) mass is 362 g/mol. The molecule has 0 spiro atoms. The Morgan fingerprint density at radius 3 is 1.96 bits per heavy atom. The van der Waals surface area contributed by atoms with Gasteiger partial charge in [-0.1, -0.05) is 78.9 Å². The number of fused-ring (bicyclic) bond motifs is 1. The van der Waals surface area contributed by atoms with Crippen molar-refractivity contribution in [2.75, 3.05) is 0 Å². The van der Waals surface area contributed by atoms with Gasteiger partial charge in [-0.2, -0.15) is 0 Å². The van der Waals surface area contributed by atoms with Gasteiger partial charge in [-0.05, 0) is 17.7 Å². The van der Waals surface area contributed by atoms with Crippen molar-refractivity contribution >= 4 is 5.65 Å². The highest BCUT2D eigenvalue weighted by Gasteiger charge is 2.13. The molecule has 5 aromatic rings. The number of pyridine rings is 1. The molecule has 0 saturated carbocycles. The average Bonchev–Trinajstić information content (AvgIpc) is 3.19. The first-order chi connectivity index (χ1) is 13.8. The summed E-state index contributed by atoms with van der Waals surface area (Å²) in [5, 5.41) is 10.4. The fraction of sp³-hybridized carbons (Fsp3) is 0. The van der Waals surface area contributed by atoms with Gasteiger partial charge in [0.05, 0.1) is 5.69 Å². The third-order valence-corrected chi connectivity index (χ3v) is 4.92. The Kier molecular flexibility index (Phi) is 3.91. The van der Waals surface area contributed by atoms with Crippen LogP contribution in [0.3, 0.4) is 0 Å². The van der Waals surface area contributed by atoms with Crippen LogP contribution in [-0.4, -0.2) is 14.5 Å². The molecule has 5 rings (SSSR count). The molecule has 28 heavy (non-hydrogen) atoms. The predicted molar refractivity (Wildman–Crippen MR) is 113 cm³/mol. The van der Waals surface area contributed by atoms with Gasteiger partial charge < -0.3 is 9.51 Å². The van der Waals surface area contributed by atoms with E-state index in [4.69, 9.17) is 4.98 Å². The minimum atomic E-state index is 0.268. The van der Waals surface area contributed by atoms with Gasteiger partial charge in [-0.25, -0.2) is 4.98 Å². The summed E-state index contributed by atoms with van der Waals surface area (Å²) in [6.45, 7) is 0. The highest BCUT2D eigenvalue weighted by molar-refractivity contribution is 5.85. The Morgan fingerprint density at radius 2 is 1.25 bits per heavy atom. The van der Waals surface area contributed by atoms with Gasteiger partial charge in [-0.15, -0.1) is 0 Å². The first-order valence-electron chi connectivity index (χ1n) is 9.21. The van der Waals surface area contributed by atoms with Crippen LogP contribution in [-0.2, 0) is 0 Å². The van der Waals surface area contributed by atoms with Crippen LogP contribution in [0, 0.1) is 0 Å². The van der Waals surface area contributed by atoms with Gasteiger partial charge >= 0.3 is 0 Å². The zero-order valence-corrected chi connectivity index (χ0v) is 15.2. The Balaban J connectivity index is 1.79. The van der Waals surface area contributed by atoms with Gasteiger partial charge in [-0.3, -0.25) is 0 Å². The summed E-state index contributed by atoms with van der Waals surface area (Å²) in [6, 6.07) is 29.9. The second-order valence-corrected chi connectivity index (χ2v) is 6.75. The standard InChI is InChI=1S/C25H18N2O/c28-24-14-8-7-13-21(24)20-15-22(18-9-3-1-4-10-18)25-26-23(17-27(25)16-20)19-11-5-2-6-12-19/h1-17,28H. The Labute approximate surface area is 163 Å². The zero-order chi connectivity index (χ0) is 18.9. The van der Waals surface area contributed by atoms with E-state index in [0.717, 1.165) is 39.2 Å². The van der Waals surface area contributed by atoms with Gasteiger partial charge in [0.15, 0.2) is 0 Å². The van der Waals surface area contributed by atoms with Crippen molar-refractivity contribution in [2.24, 2.45) is 0 Å². The number of phenols is 1. The second-order valence-electron chi connectivity index (χ2n) is 6.75. The van der Waals surface area contributed by atoms with Crippen LogP contribution in [0.15, 0.2) is 103 Å². The number of phenolic OH excluding ortho intramolecular Hbond substituents is 1. The normalized spacial score (nSPS) is 11.0. The number of imidazole rings is 1. The molecule has 3 heteroatoms. The molecule has 3 nitrogen and oxygen atoms in total. The van der Waals surface area contributed by atoms with Crippen molar-refractivity contribution in [3.05, 3.63) is 103 Å². The molecule has 134 valence electrons. The Bertz CT molecular complexity index is 1260. The molecule has 0 amide bonds. The van der Waals surface area contributed by atoms with E-state index in [1.807, 2.05) is 71.4 Å². The number of aromatic hydroxyl groups is 1. The molecule has 0 saturated heterocycles. The van der Waals surface area contributed by atoms with Gasteiger partial charge in [0.2, 0.25) is 0 Å². The molecule has 0 bridgehead atoms. The molecule has 2 aromatic heterocycles. The summed E-state index contributed by atoms with van der Waals surface area (Å²) < 4.78 is 2.05. The molecule has 0 aliphatic heterocycles. The lowest BCUT2D eigenvalue weighted by Gasteiger charge is -2.10. The van der Waals surface area contributed by atoms with E-state index < -0.39 is 0 Å². The lowest BCUT2D eigenvalue weighted by Crippen LogP contribution is -1.91. The van der Waals surface area contributed by atoms with E-state index in [1.54, 1.807) is 6.07 Å². The minimum absolute atomic E-state index is 0.268. The molecule has 0 radical (unpaired) electrons. The Hall–Kier alpha value is -3.85. The van der Waals surface area contributed by atoms with E-state index in [0.29, 0.717) is 0 Å². The molecule has 3 aromatic carbocycles. The molecule has 0 fully saturated rings. The third kappa shape index (κ3) is 2.83. The van der Waals surface area contributed by atoms with E-state index in [2.05, 4.69) is 30.3 Å². The maximum Gasteiger partial charge on any atom is 0.145 e. The molecule has 1 N–H and O–H groups in total. The SMILES string of the molecule is Oc1ccccc1-c1cc(-c2ccccc2)c2nc(-c3ccccc3)cn2c1. The third-order valence-electron chi connectivity index (χ3n) is 4.92. The summed E-state index contributed by atoms with van der Waals surface area (Å²) in [5.74, 6) is 0.268. The lowest BCUT2D eigenvalue weighted by molar-refractivity contribution is 0.477. The number of aromatic nitrogens is 2. The highest BCUT2D eigenvalue weighted by Crippen LogP contribution is 2.34. The lowest BCUT2D eigenvalue weighted by atomic mass is 10.0. The maximum atomic E-state index is 10.4. The van der Waals surface area contributed by atoms with Crippen molar-refractivity contribution < 1.29 is 5.11 Å². The van der Waals surface area contributed by atoms with E-state index in [1.165, 1.54) is 0 Å². The van der Waals surface area contributed by atoms with Crippen molar-refractivity contribution in [3.8, 4) is 39.3 Å². The van der Waals surface area contributed by atoms with Gasteiger partial charge in [0, 0.05) is 34.6 Å². The summed E-state index contributed by atoms with van der Waals surface area (Å²) in [6.07, 6.45) is 4.07. The largest absolute Gasteiger partial charge is 0.507 e. The van der Waals surface area contributed by atoms with E-state index in [9.17, 15) is 5.11 Å². The first kappa shape index (κ1) is 16.3. The van der Waals surface area contributed by atoms with Crippen LogP contribution in [0.25, 0.3) is 39.2 Å². The topological polar surface area (TPSA) is 37.5 Å². The molecular weight excluding hydrogens is 344 g/mol. The highest BCUT2D eigenvalue weighted by atomic mass is 16.3. The number of hydrogen-bond acceptors (Lipinski definition) is 2. The second kappa shape index (κ2) is 6.71. The van der Waals surface area contributed by atoms with Crippen molar-refractivity contribution in [1.82, 2.24) is 9.38 Å². The van der Waals surface area contributed by atoms with Crippen LogP contribution in [0.1, 0.15) is 0 Å². The van der Waals surface area contributed by atoms with Gasteiger partial charge in [0.25, 0.3) is 0 Å². The Morgan fingerprint density at radius 1 is 0.607 bits per heavy atom. The molecule has 0 aliphatic rings. The first-order valence-corrected chi connectivity index (χ1v) is 9.21. The van der Waals surface area contributed by atoms with E-state index >= 15 is 0 Å². The predicted octanol–water partition coefficient (Wildman–Crippen LogP) is 6.04. The number of rotatable bonds is 3. The summed E-state index contributed by atoms with van der Waals surface area (Å²) in [5.41, 5.74) is 6.77. The van der Waals surface area contributed by atoms with Crippen LogP contribution >= 0.6 is 0 Å². The smallest absolute Gasteiger partial charge is 0.145 e. The van der Waals surface area contributed by atoms with Crippen molar-refractivity contribution in [1.29, 1.82) is 0 Å². The maximum absolute atomic E-state index is 10.4. The number of nitrogens with zero attached hydrogens (tertiary/aromatic N) is 2. The fourth-order valence-electron chi connectivity index (χ4n) is 3.54. The fourth-order valence-corrected chi connectivity index (χ4v) is 3.54. The molecule has 0 atom stereocenters. The molecule has 0 aliphatic carbocycles. The summed E-state index contributed by atoms with van der Waals surface area (Å²) in [7, 11) is 0. The summed E-state index contributed by atoms with van der Waals surface area (Å²) >= 11 is 0. The summed E-state index contributed by atoms with van der Waals surface area (Å²) in [4.78, 5) is 4.92. The molecular formula is C25H18N2O. The van der Waals surface area contributed by atoms with Crippen LogP contribution < -0.4 is 0 Å². The quantitative estimate of drug-likeness (QED) is 0.425. The molecule has 0 unspecified atom stereocenters. The van der Waals surface area contributed by atoms with Crippen molar-refractivity contribution in [3.63, 3.8) is 0 Å². The number of para-hydroxylation sites is 1.